The lowest BCUT2D eigenvalue weighted by Crippen LogP contribution is -2.46. The molecule has 0 unspecified atom stereocenters. The summed E-state index contributed by atoms with van der Waals surface area (Å²) in [7, 11) is 0. The first-order valence-electron chi connectivity index (χ1n) is 8.74. The number of aliphatic hydroxyl groups is 1. The molecule has 4 bridgehead atoms. The molecule has 7 atom stereocenters. The van der Waals surface area contributed by atoms with Crippen molar-refractivity contribution in [1.29, 1.82) is 0 Å². The van der Waals surface area contributed by atoms with Crippen molar-refractivity contribution in [3.8, 4) is 0 Å². The highest BCUT2D eigenvalue weighted by Gasteiger charge is 2.82. The minimum Gasteiger partial charge on any atom is -0.481 e. The van der Waals surface area contributed by atoms with Crippen LogP contribution in [0.15, 0.2) is 24.3 Å². The Morgan fingerprint density at radius 1 is 1.46 bits per heavy atom. The molecule has 1 aliphatic heterocycles. The number of fused-ring (bicyclic) bond motifs is 1. The Bertz CT molecular complexity index is 740. The summed E-state index contributed by atoms with van der Waals surface area (Å²) in [6, 6.07) is 0. The highest BCUT2D eigenvalue weighted by molar-refractivity contribution is 5.85. The van der Waals surface area contributed by atoms with E-state index in [0.717, 1.165) is 5.57 Å². The second kappa shape index (κ2) is 3.79. The number of rotatable bonds is 1. The highest BCUT2D eigenvalue weighted by Crippen LogP contribution is 2.77. The second-order valence-corrected chi connectivity index (χ2v) is 8.87. The minimum absolute atomic E-state index is 0.0575. The smallest absolute Gasteiger partial charge is 0.313 e. The number of hydrogen-bond donors (Lipinski definition) is 2. The van der Waals surface area contributed by atoms with Gasteiger partial charge in [-0.2, -0.15) is 0 Å². The summed E-state index contributed by atoms with van der Waals surface area (Å²) in [6.45, 7) is 5.91. The molecule has 1 saturated heterocycles. The fourth-order valence-electron chi connectivity index (χ4n) is 7.14. The number of aliphatic carboxylic acids is 1. The van der Waals surface area contributed by atoms with Crippen molar-refractivity contribution >= 4 is 11.9 Å². The predicted octanol–water partition coefficient (Wildman–Crippen LogP) is 2.06. The van der Waals surface area contributed by atoms with E-state index in [9.17, 15) is 19.8 Å². The molecular weight excluding hydrogens is 308 g/mol. The van der Waals surface area contributed by atoms with E-state index in [1.165, 1.54) is 0 Å². The summed E-state index contributed by atoms with van der Waals surface area (Å²) in [5.74, 6) is -2.24. The van der Waals surface area contributed by atoms with Gasteiger partial charge in [-0.05, 0) is 56.1 Å². The Balaban J connectivity index is 1.78. The van der Waals surface area contributed by atoms with E-state index in [2.05, 4.69) is 6.58 Å². The van der Waals surface area contributed by atoms with Gasteiger partial charge in [-0.1, -0.05) is 12.7 Å². The molecule has 1 spiro atoms. The fourth-order valence-corrected chi connectivity index (χ4v) is 7.14. The predicted molar refractivity (Wildman–Crippen MR) is 83.8 cm³/mol. The molecule has 2 N–H and O–H groups in total. The van der Waals surface area contributed by atoms with Crippen LogP contribution in [0.5, 0.6) is 0 Å². The van der Waals surface area contributed by atoms with Crippen molar-refractivity contribution in [2.24, 2.45) is 28.6 Å². The van der Waals surface area contributed by atoms with E-state index < -0.39 is 33.9 Å². The molecule has 0 radical (unpaired) electrons. The Kier molecular flexibility index (Phi) is 2.32. The summed E-state index contributed by atoms with van der Waals surface area (Å²) in [4.78, 5) is 25.0. The number of carbonyl (C=O) groups excluding carboxylic acids is 1. The van der Waals surface area contributed by atoms with Crippen molar-refractivity contribution < 1.29 is 24.5 Å². The lowest BCUT2D eigenvalue weighted by atomic mass is 9.61. The normalized spacial score (nSPS) is 56.8. The molecule has 5 heteroatoms. The van der Waals surface area contributed by atoms with Crippen molar-refractivity contribution in [3.05, 3.63) is 24.3 Å². The van der Waals surface area contributed by atoms with Gasteiger partial charge in [-0.15, -0.1) is 0 Å². The maximum atomic E-state index is 12.6. The van der Waals surface area contributed by atoms with Crippen LogP contribution < -0.4 is 0 Å². The van der Waals surface area contributed by atoms with Gasteiger partial charge in [0.2, 0.25) is 0 Å². The topological polar surface area (TPSA) is 83.8 Å². The van der Waals surface area contributed by atoms with Gasteiger partial charge in [0, 0.05) is 11.8 Å². The van der Waals surface area contributed by atoms with Gasteiger partial charge in [0.1, 0.15) is 5.60 Å². The van der Waals surface area contributed by atoms with Crippen LogP contribution in [-0.2, 0) is 14.3 Å². The van der Waals surface area contributed by atoms with Crippen molar-refractivity contribution in [2.45, 2.75) is 50.2 Å². The Labute approximate surface area is 140 Å². The van der Waals surface area contributed by atoms with Crippen LogP contribution in [-0.4, -0.2) is 33.4 Å². The summed E-state index contributed by atoms with van der Waals surface area (Å²) in [6.07, 6.45) is 6.67. The lowest BCUT2D eigenvalue weighted by Gasteiger charge is -2.44. The van der Waals surface area contributed by atoms with E-state index in [0.29, 0.717) is 32.1 Å². The van der Waals surface area contributed by atoms with Gasteiger partial charge < -0.3 is 14.9 Å². The quantitative estimate of drug-likeness (QED) is 0.568. The zero-order chi connectivity index (χ0) is 17.1. The minimum atomic E-state index is -0.956. The van der Waals surface area contributed by atoms with Gasteiger partial charge in [-0.25, -0.2) is 0 Å². The zero-order valence-electron chi connectivity index (χ0n) is 13.7. The van der Waals surface area contributed by atoms with E-state index in [1.54, 1.807) is 0 Å². The molecule has 5 nitrogen and oxygen atoms in total. The molecule has 0 aromatic carbocycles. The molecule has 4 fully saturated rings. The largest absolute Gasteiger partial charge is 0.481 e. The number of esters is 1. The van der Waals surface area contributed by atoms with Crippen LogP contribution in [0.25, 0.3) is 0 Å². The molecule has 0 aromatic heterocycles. The zero-order valence-corrected chi connectivity index (χ0v) is 13.7. The van der Waals surface area contributed by atoms with Crippen molar-refractivity contribution in [3.63, 3.8) is 0 Å². The molecular formula is C19H22O5. The van der Waals surface area contributed by atoms with Crippen LogP contribution in [0.4, 0.5) is 0 Å². The molecule has 24 heavy (non-hydrogen) atoms. The first kappa shape index (κ1) is 14.7. The van der Waals surface area contributed by atoms with Crippen molar-refractivity contribution in [2.75, 3.05) is 0 Å². The van der Waals surface area contributed by atoms with Gasteiger partial charge in [-0.3, -0.25) is 9.59 Å². The van der Waals surface area contributed by atoms with Crippen LogP contribution >= 0.6 is 0 Å². The lowest BCUT2D eigenvalue weighted by molar-refractivity contribution is -0.160. The second-order valence-electron chi connectivity index (χ2n) is 8.87. The number of allylic oxidation sites excluding steroid dienone is 1. The summed E-state index contributed by atoms with van der Waals surface area (Å²) < 4.78 is 5.96. The Morgan fingerprint density at radius 3 is 2.92 bits per heavy atom. The maximum absolute atomic E-state index is 12.6. The van der Waals surface area contributed by atoms with Gasteiger partial charge in [0.15, 0.2) is 0 Å². The van der Waals surface area contributed by atoms with E-state index >= 15 is 0 Å². The Morgan fingerprint density at radius 2 is 2.21 bits per heavy atom. The number of carbonyl (C=O) groups is 2. The fraction of sp³-hybridized carbons (Fsp3) is 0.684. The molecule has 4 aliphatic carbocycles. The first-order chi connectivity index (χ1) is 11.2. The molecule has 5 aliphatic rings. The summed E-state index contributed by atoms with van der Waals surface area (Å²) in [5.41, 5.74) is -2.37. The van der Waals surface area contributed by atoms with Crippen LogP contribution in [0.3, 0.4) is 0 Å². The van der Waals surface area contributed by atoms with E-state index in [-0.39, 0.29) is 17.8 Å². The highest BCUT2D eigenvalue weighted by atomic mass is 16.6. The standard InChI is InChI=1S/C19H22O5/c1-10-8-17-9-18(10,23)7-4-11(17)19-6-3-5-16(2,15(22)24-19)13(19)12(17)14(20)21/h3,6,11-13,23H,1,4-5,7-9H2,2H3,(H,20,21)/t11-,12-,13-,16+,17-,18+,19+/m1/s1. The molecule has 0 aromatic rings. The van der Waals surface area contributed by atoms with Gasteiger partial charge in [0.05, 0.1) is 16.9 Å². The van der Waals surface area contributed by atoms with Crippen LogP contribution in [0.1, 0.15) is 39.0 Å². The molecule has 1 heterocycles. The monoisotopic (exact) mass is 330 g/mol. The summed E-state index contributed by atoms with van der Waals surface area (Å²) in [5, 5.41) is 21.1. The van der Waals surface area contributed by atoms with Gasteiger partial charge >= 0.3 is 11.9 Å². The van der Waals surface area contributed by atoms with Crippen LogP contribution in [0.2, 0.25) is 0 Å². The van der Waals surface area contributed by atoms with Crippen molar-refractivity contribution in [1.82, 2.24) is 0 Å². The molecule has 5 rings (SSSR count). The molecule has 3 saturated carbocycles. The number of ether oxygens (including phenoxy) is 1. The van der Waals surface area contributed by atoms with E-state index in [4.69, 9.17) is 4.74 Å². The molecule has 0 amide bonds. The number of hydrogen-bond acceptors (Lipinski definition) is 4. The first-order valence-corrected chi connectivity index (χ1v) is 8.74. The average Bonchev–Trinajstić information content (AvgIpc) is 2.88. The molecule has 128 valence electrons. The van der Waals surface area contributed by atoms with Crippen LogP contribution in [0, 0.1) is 28.6 Å². The average molecular weight is 330 g/mol. The third-order valence-corrected chi connectivity index (χ3v) is 7.95. The van der Waals surface area contributed by atoms with Gasteiger partial charge in [0.25, 0.3) is 0 Å². The maximum Gasteiger partial charge on any atom is 0.313 e. The third-order valence-electron chi connectivity index (χ3n) is 7.95. The van der Waals surface area contributed by atoms with E-state index in [1.807, 2.05) is 19.1 Å². The number of carboxylic acids is 1. The SMILES string of the molecule is C=C1C[C@@]23C[C@@]1(O)CC[C@H]2[C@]12C=CC[C@](C)(C(=O)O1)[C@H]2[C@@H]3C(=O)O. The summed E-state index contributed by atoms with van der Waals surface area (Å²) >= 11 is 0. The number of carboxylic acid groups (broad SMARTS) is 1. The third kappa shape index (κ3) is 1.25. The Hall–Kier alpha value is -1.62.